The van der Waals surface area contributed by atoms with E-state index in [1.165, 1.54) is 22.3 Å². The summed E-state index contributed by atoms with van der Waals surface area (Å²) in [5.74, 6) is 0. The molecule has 0 atom stereocenters. The van der Waals surface area contributed by atoms with Crippen LogP contribution in [0.4, 0.5) is 34.1 Å². The van der Waals surface area contributed by atoms with Crippen molar-refractivity contribution >= 4 is 142 Å². The van der Waals surface area contributed by atoms with Crippen molar-refractivity contribution in [3.05, 3.63) is 289 Å². The fraction of sp³-hybridized carbons (Fsp3) is 0.170. The molecule has 0 amide bonds. The Hall–Kier alpha value is -10.2. The van der Waals surface area contributed by atoms with Crippen LogP contribution in [0.5, 0.6) is 0 Å². The van der Waals surface area contributed by atoms with Gasteiger partial charge in [-0.25, -0.2) is 0 Å². The zero-order chi connectivity index (χ0) is 75.4. The number of para-hydroxylation sites is 2. The predicted octanol–water partition coefficient (Wildman–Crippen LogP) is 25.5. The van der Waals surface area contributed by atoms with Gasteiger partial charge in [0.15, 0.2) is 0 Å². The molecule has 100 heavy (non-hydrogen) atoms. The van der Waals surface area contributed by atoms with E-state index in [4.69, 9.17) is 0 Å². The second kappa shape index (κ2) is 22.6. The van der Waals surface area contributed by atoms with E-state index in [1.54, 1.807) is 27.2 Å². The van der Waals surface area contributed by atoms with E-state index in [-0.39, 0.29) is 67.6 Å². The number of hydrogen-bond acceptors (Lipinski definition) is 4. The first-order valence-corrected chi connectivity index (χ1v) is 36.5. The van der Waals surface area contributed by atoms with Crippen molar-refractivity contribution < 1.29 is 11.0 Å². The van der Waals surface area contributed by atoms with Crippen molar-refractivity contribution in [3.63, 3.8) is 0 Å². The normalized spacial score (nSPS) is 14.5. The van der Waals surface area contributed by atoms with Gasteiger partial charge < -0.3 is 14.4 Å². The Morgan fingerprint density at radius 3 is 1.08 bits per heavy atom. The molecule has 5 heterocycles. The molecule has 0 saturated carbocycles. The standard InChI is InChI=1S/C94H80BN3S2/c1-91(2,3)65-45-63(46-66(53-65)92(4,5)6)59-39-43-84-72(49-59)88-80(33-23-35-86(88)99-84)97-78-41-37-61(57-25-15-13-16-26-57)51-74(78)95-75-52-62(58-27-17-14-18-28-58)38-42-79(75)98(83-56-69(55-82(97)90(83)95)96-76-31-21-19-29-70(76)71-30-20-22-32-77(71)96)81-34-24-36-87-89(81)73-50-60(40-44-85(73)100-87)64-47-67(93(7,8)9)54-68(48-64)94(10,11)12/h13-56H,1-12H3/i19D,20D,21D,22D,29D,30D,31D,32D. The molecule has 3 aromatic heterocycles. The number of fused-ring (bicyclic) bond motifs is 13. The quantitative estimate of drug-likeness (QED) is 0.147. The van der Waals surface area contributed by atoms with Gasteiger partial charge >= 0.3 is 0 Å². The Balaban J connectivity index is 1.01. The van der Waals surface area contributed by atoms with Crippen LogP contribution in [-0.2, 0) is 21.7 Å². The molecule has 0 bridgehead atoms. The second-order valence-electron chi connectivity index (χ2n) is 31.6. The van der Waals surface area contributed by atoms with Crippen LogP contribution in [0.25, 0.3) is 112 Å². The molecule has 0 spiro atoms. The zero-order valence-corrected chi connectivity index (χ0v) is 60.2. The van der Waals surface area contributed by atoms with Crippen LogP contribution in [0.1, 0.15) is 116 Å². The highest BCUT2D eigenvalue weighted by Gasteiger charge is 2.45. The average molecular weight is 1330 g/mol. The van der Waals surface area contributed by atoms with E-state index in [9.17, 15) is 11.0 Å². The Morgan fingerprint density at radius 1 is 0.300 bits per heavy atom. The van der Waals surface area contributed by atoms with E-state index in [0.717, 1.165) is 135 Å². The summed E-state index contributed by atoms with van der Waals surface area (Å²) in [7, 11) is 0. The molecule has 486 valence electrons. The number of aromatic nitrogens is 1. The number of thiophene rings is 2. The summed E-state index contributed by atoms with van der Waals surface area (Å²) < 4.78 is 82.9. The Kier molecular flexibility index (Phi) is 12.2. The van der Waals surface area contributed by atoms with Gasteiger partial charge in [-0.3, -0.25) is 0 Å². The molecule has 0 saturated heterocycles. The first kappa shape index (κ1) is 53.7. The molecular weight excluding hydrogens is 1250 g/mol. The smallest absolute Gasteiger partial charge is 0.252 e. The second-order valence-corrected chi connectivity index (χ2v) is 33.8. The van der Waals surface area contributed by atoms with Gasteiger partial charge in [-0.1, -0.05) is 265 Å². The number of anilines is 6. The molecule has 18 rings (SSSR count). The predicted molar refractivity (Wildman–Crippen MR) is 437 cm³/mol. The van der Waals surface area contributed by atoms with Gasteiger partial charge in [0.25, 0.3) is 6.71 Å². The third-order valence-electron chi connectivity index (χ3n) is 21.0. The lowest BCUT2D eigenvalue weighted by Gasteiger charge is -2.45. The average Bonchev–Trinajstić information content (AvgIpc) is 1.37. The lowest BCUT2D eigenvalue weighted by molar-refractivity contribution is 0.568. The summed E-state index contributed by atoms with van der Waals surface area (Å²) in [4.78, 5) is 4.85. The lowest BCUT2D eigenvalue weighted by Crippen LogP contribution is -2.61. The number of benzene rings is 13. The van der Waals surface area contributed by atoms with Gasteiger partial charge in [0.2, 0.25) is 0 Å². The van der Waals surface area contributed by atoms with Gasteiger partial charge in [-0.2, -0.15) is 0 Å². The molecule has 0 N–H and O–H groups in total. The topological polar surface area (TPSA) is 11.4 Å². The molecule has 0 radical (unpaired) electrons. The van der Waals surface area contributed by atoms with E-state index in [0.29, 0.717) is 5.69 Å². The molecular formula is C94H80BN3S2. The number of rotatable bonds is 7. The number of nitrogens with zero attached hydrogens (tertiary/aromatic N) is 3. The van der Waals surface area contributed by atoms with Crippen LogP contribution >= 0.6 is 22.7 Å². The van der Waals surface area contributed by atoms with E-state index >= 15 is 0 Å². The molecule has 2 aliphatic rings. The molecule has 3 nitrogen and oxygen atoms in total. The molecule has 16 aromatic rings. The maximum absolute atomic E-state index is 10.0. The highest BCUT2D eigenvalue weighted by atomic mass is 32.1. The van der Waals surface area contributed by atoms with Crippen LogP contribution in [0.2, 0.25) is 0 Å². The highest BCUT2D eigenvalue weighted by molar-refractivity contribution is 7.26. The Labute approximate surface area is 607 Å². The molecule has 2 aliphatic heterocycles. The summed E-state index contributed by atoms with van der Waals surface area (Å²) in [5.41, 5.74) is 22.3. The maximum atomic E-state index is 10.0. The summed E-state index contributed by atoms with van der Waals surface area (Å²) in [6.45, 7) is 27.0. The van der Waals surface area contributed by atoms with Gasteiger partial charge in [0.05, 0.1) is 39.1 Å². The van der Waals surface area contributed by atoms with Gasteiger partial charge in [0.1, 0.15) is 0 Å². The minimum Gasteiger partial charge on any atom is -0.311 e. The first-order valence-electron chi connectivity index (χ1n) is 38.8. The largest absolute Gasteiger partial charge is 0.311 e. The molecule has 0 aliphatic carbocycles. The van der Waals surface area contributed by atoms with Crippen LogP contribution in [-0.4, -0.2) is 11.3 Å². The Bertz CT molecular complexity index is 6090. The van der Waals surface area contributed by atoms with Gasteiger partial charge in [-0.15, -0.1) is 22.7 Å². The van der Waals surface area contributed by atoms with Gasteiger partial charge in [-0.05, 0) is 190 Å². The van der Waals surface area contributed by atoms with Crippen molar-refractivity contribution in [3.8, 4) is 50.2 Å². The lowest BCUT2D eigenvalue weighted by atomic mass is 9.33. The zero-order valence-electron chi connectivity index (χ0n) is 66.5. The van der Waals surface area contributed by atoms with Gasteiger partial charge in [0, 0.05) is 73.9 Å². The summed E-state index contributed by atoms with van der Waals surface area (Å²) in [6.07, 6.45) is 0. The van der Waals surface area contributed by atoms with Crippen molar-refractivity contribution in [2.75, 3.05) is 9.80 Å². The van der Waals surface area contributed by atoms with Crippen molar-refractivity contribution in [1.82, 2.24) is 4.57 Å². The van der Waals surface area contributed by atoms with E-state index < -0.39 is 30.9 Å². The third kappa shape index (κ3) is 10.1. The minimum absolute atomic E-state index is 0.0134. The maximum Gasteiger partial charge on any atom is 0.252 e. The van der Waals surface area contributed by atoms with Crippen molar-refractivity contribution in [2.24, 2.45) is 0 Å². The van der Waals surface area contributed by atoms with Crippen LogP contribution in [0.3, 0.4) is 0 Å². The summed E-state index contributed by atoms with van der Waals surface area (Å²) in [6, 6.07) is 77.1. The van der Waals surface area contributed by atoms with Crippen LogP contribution in [0.15, 0.2) is 267 Å². The first-order chi connectivity index (χ1) is 51.4. The fourth-order valence-corrected chi connectivity index (χ4v) is 17.8. The van der Waals surface area contributed by atoms with Crippen LogP contribution in [0, 0.1) is 0 Å². The molecule has 0 fully saturated rings. The van der Waals surface area contributed by atoms with Crippen LogP contribution < -0.4 is 26.2 Å². The van der Waals surface area contributed by atoms with E-state index in [1.807, 2.05) is 0 Å². The summed E-state index contributed by atoms with van der Waals surface area (Å²) >= 11 is 3.53. The summed E-state index contributed by atoms with van der Waals surface area (Å²) in [5, 5.41) is 4.34. The molecule has 6 heteroatoms. The minimum atomic E-state index is -0.496. The number of hydrogen-bond donors (Lipinski definition) is 0. The third-order valence-corrected chi connectivity index (χ3v) is 23.3. The molecule has 13 aromatic carbocycles. The van der Waals surface area contributed by atoms with Crippen molar-refractivity contribution in [1.29, 1.82) is 0 Å². The molecule has 0 unspecified atom stereocenters. The van der Waals surface area contributed by atoms with E-state index in [2.05, 4.69) is 311 Å². The highest BCUT2D eigenvalue weighted by Crippen LogP contribution is 2.53. The van der Waals surface area contributed by atoms with Crippen molar-refractivity contribution in [2.45, 2.75) is 105 Å². The Morgan fingerprint density at radius 2 is 0.680 bits per heavy atom. The monoisotopic (exact) mass is 1330 g/mol. The fourth-order valence-electron chi connectivity index (χ4n) is 15.6. The SMILES string of the molecule is [2H]c1c([2H])c([2H])c2c(c1[2H])c1c([2H])c([2H])c([2H])c([2H])c1n2-c1cc2c3c(c1)N(c1cccc4sc5ccc(-c6cc(C(C)(C)C)cc(C(C)(C)C)c6)cc5c14)c1ccc(-c4ccccc4)cc1B3c1cc(-c3ccccc3)ccc1N2c1cccc2sc3ccc(-c4cc(C(C)(C)C)cc(C(C)(C)C)c4)cc3c12.